The lowest BCUT2D eigenvalue weighted by molar-refractivity contribution is -0.0189. The summed E-state index contributed by atoms with van der Waals surface area (Å²) in [5.74, 6) is 2.23. The van der Waals surface area contributed by atoms with E-state index in [0.717, 1.165) is 19.0 Å². The average molecular weight is 506 g/mol. The number of piperazine rings is 1. The molecule has 4 heterocycles. The highest BCUT2D eigenvalue weighted by molar-refractivity contribution is 5.38. The smallest absolute Gasteiger partial charge is 0.225 e. The monoisotopic (exact) mass is 505 g/mol. The quantitative estimate of drug-likeness (QED) is 0.408. The van der Waals surface area contributed by atoms with Crippen molar-refractivity contribution < 1.29 is 0 Å². The van der Waals surface area contributed by atoms with E-state index in [1.54, 1.807) is 5.57 Å². The summed E-state index contributed by atoms with van der Waals surface area (Å²) in [4.78, 5) is 17.9. The predicted octanol–water partition coefficient (Wildman–Crippen LogP) is 6.27. The molecule has 204 valence electrons. The van der Waals surface area contributed by atoms with Crippen LogP contribution >= 0.6 is 0 Å². The Balaban J connectivity index is 1.01. The molecule has 3 aliphatic carbocycles. The van der Waals surface area contributed by atoms with Gasteiger partial charge in [-0.25, -0.2) is 9.97 Å². The number of hydrogen-bond donors (Lipinski definition) is 0. The molecule has 0 radical (unpaired) electrons. The van der Waals surface area contributed by atoms with Gasteiger partial charge < -0.3 is 9.80 Å². The van der Waals surface area contributed by atoms with Crippen molar-refractivity contribution in [3.8, 4) is 0 Å². The summed E-state index contributed by atoms with van der Waals surface area (Å²) < 4.78 is 0. The highest BCUT2D eigenvalue weighted by Gasteiger charge is 2.50. The van der Waals surface area contributed by atoms with Crippen LogP contribution in [0.15, 0.2) is 24.5 Å². The second-order valence-corrected chi connectivity index (χ2v) is 14.2. The van der Waals surface area contributed by atoms with Gasteiger partial charge in [-0.05, 0) is 119 Å². The Hall–Kier alpha value is -1.46. The number of aromatic nitrogens is 2. The van der Waals surface area contributed by atoms with Crippen molar-refractivity contribution in [2.45, 2.75) is 116 Å². The summed E-state index contributed by atoms with van der Waals surface area (Å²) in [6.07, 6.45) is 17.8. The molecule has 2 atom stereocenters. The Morgan fingerprint density at radius 1 is 0.892 bits per heavy atom. The van der Waals surface area contributed by atoms with E-state index >= 15 is 0 Å². The summed E-state index contributed by atoms with van der Waals surface area (Å²) in [7, 11) is 0. The van der Waals surface area contributed by atoms with Gasteiger partial charge in [0.25, 0.3) is 0 Å². The number of nitrogens with zero attached hydrogens (tertiary/aromatic N) is 5. The molecular weight excluding hydrogens is 454 g/mol. The standard InChI is InChI=1S/C32H51N5/c1-23(2)25(5)32-13-10-31(11-14-32,12-15-32)22-35-16-8-26(9-17-35)27-18-33-30(34-19-27)37-28-6-7-29(37)21-36(20-28)24(3)4/h18-19,23-24,26,28-29H,5-17,20-22H2,1-4H3. The molecule has 3 saturated heterocycles. The third kappa shape index (κ3) is 4.77. The van der Waals surface area contributed by atoms with Gasteiger partial charge in [-0.1, -0.05) is 26.0 Å². The number of allylic oxidation sites excluding steroid dienone is 1. The molecule has 6 fully saturated rings. The lowest BCUT2D eigenvalue weighted by atomic mass is 9.50. The van der Waals surface area contributed by atoms with Gasteiger partial charge >= 0.3 is 0 Å². The number of hydrogen-bond acceptors (Lipinski definition) is 5. The maximum atomic E-state index is 4.94. The first-order chi connectivity index (χ1) is 17.8. The van der Waals surface area contributed by atoms with Crippen LogP contribution in [0.5, 0.6) is 0 Å². The number of fused-ring (bicyclic) bond motifs is 5. The van der Waals surface area contributed by atoms with Crippen LogP contribution in [0.3, 0.4) is 0 Å². The summed E-state index contributed by atoms with van der Waals surface area (Å²) in [6.45, 7) is 20.0. The van der Waals surface area contributed by atoms with Gasteiger partial charge in [0.2, 0.25) is 5.95 Å². The summed E-state index contributed by atoms with van der Waals surface area (Å²) in [6, 6.07) is 1.80. The minimum atomic E-state index is 0.469. The average Bonchev–Trinajstić information content (AvgIpc) is 3.18. The van der Waals surface area contributed by atoms with Crippen molar-refractivity contribution >= 4 is 5.95 Å². The molecule has 0 amide bonds. The van der Waals surface area contributed by atoms with Crippen molar-refractivity contribution in [1.82, 2.24) is 19.8 Å². The largest absolute Gasteiger partial charge is 0.332 e. The summed E-state index contributed by atoms with van der Waals surface area (Å²) in [5, 5.41) is 0. The maximum Gasteiger partial charge on any atom is 0.225 e. The Morgan fingerprint density at radius 3 is 1.97 bits per heavy atom. The van der Waals surface area contributed by atoms with Gasteiger partial charge in [-0.15, -0.1) is 0 Å². The molecule has 3 aliphatic heterocycles. The number of likely N-dealkylation sites (tertiary alicyclic amines) is 2. The van der Waals surface area contributed by atoms with Gasteiger partial charge in [0.1, 0.15) is 0 Å². The molecule has 2 unspecified atom stereocenters. The van der Waals surface area contributed by atoms with Crippen LogP contribution in [0.25, 0.3) is 0 Å². The molecule has 7 rings (SSSR count). The first-order valence-electron chi connectivity index (χ1n) is 15.5. The molecule has 6 aliphatic rings. The first-order valence-corrected chi connectivity index (χ1v) is 15.5. The van der Waals surface area contributed by atoms with E-state index in [-0.39, 0.29) is 0 Å². The molecule has 1 aromatic heterocycles. The van der Waals surface area contributed by atoms with Crippen molar-refractivity contribution in [3.05, 3.63) is 30.1 Å². The van der Waals surface area contributed by atoms with Crippen LogP contribution in [-0.4, -0.2) is 70.6 Å². The van der Waals surface area contributed by atoms with E-state index in [9.17, 15) is 0 Å². The van der Waals surface area contributed by atoms with Crippen LogP contribution in [0.2, 0.25) is 0 Å². The zero-order valence-corrected chi connectivity index (χ0v) is 24.1. The van der Waals surface area contributed by atoms with Gasteiger partial charge in [-0.2, -0.15) is 0 Å². The SMILES string of the molecule is C=C(C(C)C)C12CCC(CN3CCC(c4cnc(N5C6CCC5CN(C(C)C)C6)nc4)CC3)(CC1)CC2. The van der Waals surface area contributed by atoms with Crippen molar-refractivity contribution in [3.63, 3.8) is 0 Å². The molecule has 5 heteroatoms. The van der Waals surface area contributed by atoms with E-state index in [1.807, 2.05) is 0 Å². The second kappa shape index (κ2) is 9.93. The van der Waals surface area contributed by atoms with Gasteiger partial charge in [0.05, 0.1) is 0 Å². The van der Waals surface area contributed by atoms with Crippen LogP contribution in [0.4, 0.5) is 5.95 Å². The van der Waals surface area contributed by atoms with Gasteiger partial charge in [0, 0.05) is 50.2 Å². The third-order valence-corrected chi connectivity index (χ3v) is 11.5. The Bertz CT molecular complexity index is 921. The van der Waals surface area contributed by atoms with E-state index in [4.69, 9.17) is 9.97 Å². The van der Waals surface area contributed by atoms with Crippen LogP contribution in [0.1, 0.15) is 103 Å². The Kier molecular flexibility index (Phi) is 6.93. The zero-order valence-electron chi connectivity index (χ0n) is 24.1. The number of rotatable bonds is 7. The van der Waals surface area contributed by atoms with Crippen molar-refractivity contribution in [2.75, 3.05) is 37.6 Å². The number of piperidine rings is 1. The molecule has 5 nitrogen and oxygen atoms in total. The topological polar surface area (TPSA) is 35.5 Å². The van der Waals surface area contributed by atoms with Crippen LogP contribution < -0.4 is 4.90 Å². The van der Waals surface area contributed by atoms with E-state index in [0.29, 0.717) is 40.8 Å². The first kappa shape index (κ1) is 25.8. The minimum Gasteiger partial charge on any atom is -0.332 e. The summed E-state index contributed by atoms with van der Waals surface area (Å²) in [5.41, 5.74) is 3.95. The second-order valence-electron chi connectivity index (χ2n) is 14.2. The minimum absolute atomic E-state index is 0.469. The fraction of sp³-hybridized carbons (Fsp3) is 0.812. The van der Waals surface area contributed by atoms with Crippen molar-refractivity contribution in [2.24, 2.45) is 16.7 Å². The molecule has 1 aromatic rings. The molecule has 3 saturated carbocycles. The Labute approximate surface area is 226 Å². The molecule has 0 aromatic carbocycles. The van der Waals surface area contributed by atoms with E-state index in [2.05, 4.69) is 61.4 Å². The molecule has 4 bridgehead atoms. The summed E-state index contributed by atoms with van der Waals surface area (Å²) >= 11 is 0. The highest BCUT2D eigenvalue weighted by Crippen LogP contribution is 2.60. The highest BCUT2D eigenvalue weighted by atomic mass is 15.4. The van der Waals surface area contributed by atoms with Crippen molar-refractivity contribution in [1.29, 1.82) is 0 Å². The van der Waals surface area contributed by atoms with Crippen LogP contribution in [-0.2, 0) is 0 Å². The van der Waals surface area contributed by atoms with Gasteiger partial charge in [-0.3, -0.25) is 4.90 Å². The fourth-order valence-corrected chi connectivity index (χ4v) is 8.85. The van der Waals surface area contributed by atoms with E-state index < -0.39 is 0 Å². The maximum absolute atomic E-state index is 4.94. The number of anilines is 1. The normalized spacial score (nSPS) is 35.1. The predicted molar refractivity (Wildman–Crippen MR) is 153 cm³/mol. The third-order valence-electron chi connectivity index (χ3n) is 11.5. The van der Waals surface area contributed by atoms with E-state index in [1.165, 1.54) is 89.4 Å². The molecular formula is C32H51N5. The Morgan fingerprint density at radius 2 is 1.46 bits per heavy atom. The fourth-order valence-electron chi connectivity index (χ4n) is 8.85. The molecule has 0 spiro atoms. The van der Waals surface area contributed by atoms with Gasteiger partial charge in [0.15, 0.2) is 0 Å². The molecule has 37 heavy (non-hydrogen) atoms. The van der Waals surface area contributed by atoms with Crippen LogP contribution in [0, 0.1) is 16.7 Å². The lowest BCUT2D eigenvalue weighted by Gasteiger charge is -2.56. The molecule has 0 N–H and O–H groups in total. The zero-order chi connectivity index (χ0) is 25.8. The lowest BCUT2D eigenvalue weighted by Crippen LogP contribution is -2.56.